The van der Waals surface area contributed by atoms with Crippen molar-refractivity contribution in [2.24, 2.45) is 0 Å². The van der Waals surface area contributed by atoms with E-state index >= 15 is 0 Å². The summed E-state index contributed by atoms with van der Waals surface area (Å²) in [5, 5.41) is 0.182. The molecule has 27 heavy (non-hydrogen) atoms. The molecule has 0 unspecified atom stereocenters. The number of ether oxygens (including phenoxy) is 1. The van der Waals surface area contributed by atoms with E-state index in [4.69, 9.17) is 4.74 Å². The maximum atomic E-state index is 13.2. The van der Waals surface area contributed by atoms with Crippen LogP contribution in [0.5, 0.6) is 0 Å². The first-order valence-corrected chi connectivity index (χ1v) is 12.6. The second-order valence-corrected chi connectivity index (χ2v) is 11.5. The lowest BCUT2D eigenvalue weighted by molar-refractivity contribution is 0.123. The Morgan fingerprint density at radius 2 is 1.74 bits per heavy atom. The number of aromatic nitrogens is 1. The van der Waals surface area contributed by atoms with Crippen LogP contribution in [0, 0.1) is 6.92 Å². The van der Waals surface area contributed by atoms with Gasteiger partial charge in [-0.1, -0.05) is 36.0 Å². The molecule has 2 aromatic rings. The number of sulfone groups is 2. The minimum absolute atomic E-state index is 0.0624. The summed E-state index contributed by atoms with van der Waals surface area (Å²) >= 11 is 0.930. The minimum Gasteiger partial charge on any atom is -0.378 e. The second kappa shape index (κ2) is 7.86. The van der Waals surface area contributed by atoms with Gasteiger partial charge in [-0.15, -0.1) is 0 Å². The normalized spacial score (nSPS) is 15.9. The summed E-state index contributed by atoms with van der Waals surface area (Å²) in [4.78, 5) is 6.05. The monoisotopic (exact) mass is 430 g/mol. The van der Waals surface area contributed by atoms with Gasteiger partial charge in [0.15, 0.2) is 5.03 Å². The van der Waals surface area contributed by atoms with Crippen molar-refractivity contribution in [1.82, 2.24) is 4.98 Å². The number of benzene rings is 1. The number of thiazole rings is 1. The van der Waals surface area contributed by atoms with Crippen LogP contribution in [-0.4, -0.2) is 53.9 Å². The Bertz CT molecular complexity index is 1010. The van der Waals surface area contributed by atoms with E-state index in [1.54, 1.807) is 19.1 Å². The molecule has 0 saturated carbocycles. The fourth-order valence-electron chi connectivity index (χ4n) is 2.74. The third-order valence-corrected chi connectivity index (χ3v) is 9.49. The Hall–Kier alpha value is -1.49. The Labute approximate surface area is 163 Å². The van der Waals surface area contributed by atoms with Crippen molar-refractivity contribution in [3.8, 4) is 0 Å². The molecular weight excluding hydrogens is 408 g/mol. The number of rotatable bonds is 6. The van der Waals surface area contributed by atoms with Crippen LogP contribution in [0.2, 0.25) is 0 Å². The van der Waals surface area contributed by atoms with E-state index in [2.05, 4.69) is 4.98 Å². The maximum Gasteiger partial charge on any atom is 0.226 e. The zero-order chi connectivity index (χ0) is 19.7. The van der Waals surface area contributed by atoms with Gasteiger partial charge in [-0.3, -0.25) is 0 Å². The van der Waals surface area contributed by atoms with Crippen molar-refractivity contribution in [3.05, 3.63) is 29.8 Å². The van der Waals surface area contributed by atoms with E-state index in [1.165, 1.54) is 12.1 Å². The number of anilines is 1. The van der Waals surface area contributed by atoms with Gasteiger partial charge in [0, 0.05) is 13.1 Å². The molecule has 0 spiro atoms. The third kappa shape index (κ3) is 4.18. The SMILES string of the molecule is CCCS(=O)(=O)c1nc(S(=O)(=O)c2ccc(C)cc2)c(N2CCOCC2)s1. The highest BCUT2D eigenvalue weighted by Crippen LogP contribution is 2.38. The van der Waals surface area contributed by atoms with Crippen LogP contribution in [0.1, 0.15) is 18.9 Å². The van der Waals surface area contributed by atoms with Crippen LogP contribution in [0.4, 0.5) is 5.00 Å². The highest BCUT2D eigenvalue weighted by molar-refractivity contribution is 7.94. The molecule has 0 N–H and O–H groups in total. The molecule has 0 amide bonds. The molecule has 0 aliphatic carbocycles. The van der Waals surface area contributed by atoms with Crippen molar-refractivity contribution < 1.29 is 21.6 Å². The summed E-state index contributed by atoms with van der Waals surface area (Å²) in [6, 6.07) is 6.46. The molecule has 10 heteroatoms. The molecule has 1 saturated heterocycles. The summed E-state index contributed by atoms with van der Waals surface area (Å²) in [6.07, 6.45) is 0.439. The zero-order valence-electron chi connectivity index (χ0n) is 15.2. The fraction of sp³-hybridized carbons (Fsp3) is 0.471. The van der Waals surface area contributed by atoms with Crippen molar-refractivity contribution >= 4 is 36.0 Å². The summed E-state index contributed by atoms with van der Waals surface area (Å²) < 4.78 is 56.6. The van der Waals surface area contributed by atoms with Crippen LogP contribution < -0.4 is 4.90 Å². The lowest BCUT2D eigenvalue weighted by atomic mass is 10.2. The zero-order valence-corrected chi connectivity index (χ0v) is 17.7. The molecule has 148 valence electrons. The third-order valence-electron chi connectivity index (χ3n) is 4.18. The summed E-state index contributed by atoms with van der Waals surface area (Å²) in [7, 11) is -7.55. The second-order valence-electron chi connectivity index (χ2n) is 6.32. The number of nitrogens with zero attached hydrogens (tertiary/aromatic N) is 2. The van der Waals surface area contributed by atoms with E-state index in [-0.39, 0.29) is 20.0 Å². The molecular formula is C17H22N2O5S3. The van der Waals surface area contributed by atoms with Gasteiger partial charge in [0.05, 0.1) is 23.9 Å². The van der Waals surface area contributed by atoms with Crippen molar-refractivity contribution in [2.45, 2.75) is 34.5 Å². The molecule has 1 aliphatic rings. The molecule has 1 aliphatic heterocycles. The molecule has 7 nitrogen and oxygen atoms in total. The number of hydrogen-bond acceptors (Lipinski definition) is 8. The predicted molar refractivity (Wildman–Crippen MR) is 104 cm³/mol. The molecule has 0 atom stereocenters. The molecule has 0 radical (unpaired) electrons. The number of hydrogen-bond donors (Lipinski definition) is 0. The first-order chi connectivity index (χ1) is 12.8. The van der Waals surface area contributed by atoms with E-state index < -0.39 is 19.7 Å². The van der Waals surface area contributed by atoms with Crippen LogP contribution >= 0.6 is 11.3 Å². The minimum atomic E-state index is -3.94. The Balaban J connectivity index is 2.14. The highest BCUT2D eigenvalue weighted by Gasteiger charge is 2.33. The predicted octanol–water partition coefficient (Wildman–Crippen LogP) is 2.30. The van der Waals surface area contributed by atoms with Gasteiger partial charge in [-0.25, -0.2) is 21.8 Å². The molecule has 1 fully saturated rings. The summed E-state index contributed by atoms with van der Waals surface area (Å²) in [5.74, 6) is -0.0624. The maximum absolute atomic E-state index is 13.2. The van der Waals surface area contributed by atoms with E-state index in [1.807, 2.05) is 11.8 Å². The topological polar surface area (TPSA) is 93.6 Å². The standard InChI is InChI=1S/C17H22N2O5S3/c1-3-12-26(20,21)17-18-15(16(25-17)19-8-10-24-11-9-19)27(22,23)14-6-4-13(2)5-7-14/h4-7H,3,8-12H2,1-2H3. The van der Waals surface area contributed by atoms with Gasteiger partial charge >= 0.3 is 0 Å². The average Bonchev–Trinajstić information content (AvgIpc) is 3.10. The van der Waals surface area contributed by atoms with Gasteiger partial charge in [0.1, 0.15) is 5.00 Å². The Morgan fingerprint density at radius 1 is 1.11 bits per heavy atom. The summed E-state index contributed by atoms with van der Waals surface area (Å²) in [5.41, 5.74) is 0.937. The van der Waals surface area contributed by atoms with Gasteiger partial charge in [0.2, 0.25) is 24.0 Å². The quantitative estimate of drug-likeness (QED) is 0.694. The lowest BCUT2D eigenvalue weighted by Crippen LogP contribution is -2.36. The largest absolute Gasteiger partial charge is 0.378 e. The fourth-order valence-corrected chi connectivity index (χ4v) is 7.28. The summed E-state index contributed by atoms with van der Waals surface area (Å²) in [6.45, 7) is 5.53. The van der Waals surface area contributed by atoms with Gasteiger partial charge in [0.25, 0.3) is 0 Å². The number of morpholine rings is 1. The molecule has 1 aromatic carbocycles. The molecule has 0 bridgehead atoms. The van der Waals surface area contributed by atoms with Crippen molar-refractivity contribution in [3.63, 3.8) is 0 Å². The lowest BCUT2D eigenvalue weighted by Gasteiger charge is -2.27. The van der Waals surface area contributed by atoms with Crippen LogP contribution in [-0.2, 0) is 24.4 Å². The smallest absolute Gasteiger partial charge is 0.226 e. The molecule has 2 heterocycles. The Kier molecular flexibility index (Phi) is 5.90. The van der Waals surface area contributed by atoms with Gasteiger partial charge < -0.3 is 9.64 Å². The molecule has 3 rings (SSSR count). The number of aryl methyl sites for hydroxylation is 1. The van der Waals surface area contributed by atoms with Crippen LogP contribution in [0.3, 0.4) is 0 Å². The average molecular weight is 431 g/mol. The van der Waals surface area contributed by atoms with E-state index in [0.29, 0.717) is 37.7 Å². The van der Waals surface area contributed by atoms with Crippen LogP contribution in [0.15, 0.2) is 38.5 Å². The highest BCUT2D eigenvalue weighted by atomic mass is 32.2. The van der Waals surface area contributed by atoms with Crippen molar-refractivity contribution in [1.29, 1.82) is 0 Å². The van der Waals surface area contributed by atoms with E-state index in [0.717, 1.165) is 16.9 Å². The Morgan fingerprint density at radius 3 is 2.33 bits per heavy atom. The van der Waals surface area contributed by atoms with Gasteiger partial charge in [-0.2, -0.15) is 0 Å². The molecule has 1 aromatic heterocycles. The first-order valence-electron chi connectivity index (χ1n) is 8.64. The van der Waals surface area contributed by atoms with E-state index in [9.17, 15) is 16.8 Å². The first kappa shape index (κ1) is 20.2. The van der Waals surface area contributed by atoms with Crippen molar-refractivity contribution in [2.75, 3.05) is 37.0 Å². The van der Waals surface area contributed by atoms with Crippen LogP contribution in [0.25, 0.3) is 0 Å². The van der Waals surface area contributed by atoms with Gasteiger partial charge in [-0.05, 0) is 25.5 Å².